The topological polar surface area (TPSA) is 58.4 Å². The molecule has 19 heavy (non-hydrogen) atoms. The number of nitrogens with zero attached hydrogens (tertiary/aromatic N) is 2. The number of amides is 1. The standard InChI is InChI=1S/C12H19N3O2S2/c1-5-15(6-2)12(18)19-9(4)11(16)13-10-7-8(3)17-14-10/h7,9H,5-6H2,1-4H3,(H,13,14,16)/t9-/m0/s1. The first-order valence-electron chi connectivity index (χ1n) is 6.17. The molecule has 1 aromatic rings. The molecule has 0 spiro atoms. The molecular weight excluding hydrogens is 282 g/mol. The molecule has 1 N–H and O–H groups in total. The van der Waals surface area contributed by atoms with E-state index in [1.807, 2.05) is 25.7 Å². The van der Waals surface area contributed by atoms with Crippen LogP contribution in [-0.4, -0.2) is 38.6 Å². The lowest BCUT2D eigenvalue weighted by molar-refractivity contribution is -0.115. The van der Waals surface area contributed by atoms with E-state index in [4.69, 9.17) is 16.7 Å². The molecule has 0 fully saturated rings. The fraction of sp³-hybridized carbons (Fsp3) is 0.583. The Morgan fingerprint density at radius 1 is 1.58 bits per heavy atom. The zero-order valence-electron chi connectivity index (χ0n) is 11.6. The number of thiocarbonyl (C=S) groups is 1. The molecule has 0 radical (unpaired) electrons. The summed E-state index contributed by atoms with van der Waals surface area (Å²) in [5.74, 6) is 0.964. The van der Waals surface area contributed by atoms with Gasteiger partial charge in [0.1, 0.15) is 10.1 Å². The number of nitrogens with one attached hydrogen (secondary N) is 1. The number of carbonyl (C=O) groups excluding carboxylic acids is 1. The van der Waals surface area contributed by atoms with E-state index in [-0.39, 0.29) is 11.2 Å². The third-order valence-corrected chi connectivity index (χ3v) is 4.12. The first kappa shape index (κ1) is 16.0. The summed E-state index contributed by atoms with van der Waals surface area (Å²) in [5.41, 5.74) is 0. The minimum Gasteiger partial charge on any atom is -0.360 e. The van der Waals surface area contributed by atoms with Crippen LogP contribution >= 0.6 is 24.0 Å². The van der Waals surface area contributed by atoms with E-state index in [1.165, 1.54) is 11.8 Å². The third kappa shape index (κ3) is 4.83. The molecule has 106 valence electrons. The number of carbonyl (C=O) groups is 1. The van der Waals surface area contributed by atoms with E-state index < -0.39 is 0 Å². The van der Waals surface area contributed by atoms with Gasteiger partial charge in [-0.2, -0.15) is 0 Å². The fourth-order valence-electron chi connectivity index (χ4n) is 1.41. The highest BCUT2D eigenvalue weighted by atomic mass is 32.2. The van der Waals surface area contributed by atoms with Gasteiger partial charge in [0.05, 0.1) is 5.25 Å². The largest absolute Gasteiger partial charge is 0.360 e. The first-order chi connectivity index (χ1) is 8.97. The maximum Gasteiger partial charge on any atom is 0.238 e. The highest BCUT2D eigenvalue weighted by Gasteiger charge is 2.19. The lowest BCUT2D eigenvalue weighted by Gasteiger charge is -2.22. The molecule has 7 heteroatoms. The summed E-state index contributed by atoms with van der Waals surface area (Å²) in [6.07, 6.45) is 0. The van der Waals surface area contributed by atoms with Crippen molar-refractivity contribution in [2.45, 2.75) is 32.9 Å². The van der Waals surface area contributed by atoms with E-state index in [2.05, 4.69) is 10.5 Å². The average molecular weight is 301 g/mol. The SMILES string of the molecule is CCN(CC)C(=S)S[C@@H](C)C(=O)Nc1cc(C)on1. The summed E-state index contributed by atoms with van der Waals surface area (Å²) in [6.45, 7) is 9.37. The quantitative estimate of drug-likeness (QED) is 0.844. The average Bonchev–Trinajstić information content (AvgIpc) is 2.76. The minimum atomic E-state index is -0.273. The highest BCUT2D eigenvalue weighted by Crippen LogP contribution is 2.18. The van der Waals surface area contributed by atoms with Gasteiger partial charge >= 0.3 is 0 Å². The summed E-state index contributed by atoms with van der Waals surface area (Å²) in [7, 11) is 0. The van der Waals surface area contributed by atoms with Gasteiger partial charge < -0.3 is 14.7 Å². The highest BCUT2D eigenvalue weighted by molar-refractivity contribution is 8.23. The van der Waals surface area contributed by atoms with Gasteiger partial charge in [-0.3, -0.25) is 4.79 Å². The number of thioether (sulfide) groups is 1. The molecule has 1 atom stereocenters. The first-order valence-corrected chi connectivity index (χ1v) is 7.46. The maximum absolute atomic E-state index is 12.0. The van der Waals surface area contributed by atoms with Crippen molar-refractivity contribution in [2.24, 2.45) is 0 Å². The fourth-order valence-corrected chi connectivity index (χ4v) is 2.98. The molecule has 0 unspecified atom stereocenters. The van der Waals surface area contributed by atoms with Crippen LogP contribution < -0.4 is 5.32 Å². The zero-order valence-corrected chi connectivity index (χ0v) is 13.2. The van der Waals surface area contributed by atoms with Crippen molar-refractivity contribution < 1.29 is 9.32 Å². The number of hydrogen-bond acceptors (Lipinski definition) is 5. The monoisotopic (exact) mass is 301 g/mol. The van der Waals surface area contributed by atoms with E-state index in [9.17, 15) is 4.79 Å². The van der Waals surface area contributed by atoms with Gasteiger partial charge in [-0.15, -0.1) is 0 Å². The van der Waals surface area contributed by atoms with Crippen molar-refractivity contribution in [3.8, 4) is 0 Å². The predicted molar refractivity (Wildman–Crippen MR) is 82.4 cm³/mol. The van der Waals surface area contributed by atoms with Gasteiger partial charge in [0.2, 0.25) is 5.91 Å². The molecule has 0 saturated heterocycles. The minimum absolute atomic E-state index is 0.132. The van der Waals surface area contributed by atoms with E-state index >= 15 is 0 Å². The Balaban J connectivity index is 2.51. The van der Waals surface area contributed by atoms with Gasteiger partial charge in [0.15, 0.2) is 5.82 Å². The number of aryl methyl sites for hydroxylation is 1. The van der Waals surface area contributed by atoms with Crippen molar-refractivity contribution in [3.05, 3.63) is 11.8 Å². The van der Waals surface area contributed by atoms with E-state index in [1.54, 1.807) is 13.0 Å². The van der Waals surface area contributed by atoms with Crippen LogP contribution in [0.1, 0.15) is 26.5 Å². The molecule has 0 saturated carbocycles. The molecule has 0 aliphatic heterocycles. The van der Waals surface area contributed by atoms with Crippen LogP contribution in [0.2, 0.25) is 0 Å². The van der Waals surface area contributed by atoms with Crippen LogP contribution in [-0.2, 0) is 4.79 Å². The second-order valence-corrected chi connectivity index (χ2v) is 5.98. The summed E-state index contributed by atoms with van der Waals surface area (Å²) >= 11 is 6.69. The Labute approximate surface area is 123 Å². The second kappa shape index (κ2) is 7.49. The number of aromatic nitrogens is 1. The van der Waals surface area contributed by atoms with Crippen LogP contribution in [0.25, 0.3) is 0 Å². The van der Waals surface area contributed by atoms with Crippen LogP contribution in [0.3, 0.4) is 0 Å². The summed E-state index contributed by atoms with van der Waals surface area (Å²) in [5, 5.41) is 6.15. The van der Waals surface area contributed by atoms with E-state index in [0.717, 1.165) is 17.4 Å². The number of hydrogen-bond donors (Lipinski definition) is 1. The number of anilines is 1. The van der Waals surface area contributed by atoms with Crippen LogP contribution in [0.5, 0.6) is 0 Å². The molecule has 1 heterocycles. The molecule has 1 amide bonds. The maximum atomic E-state index is 12.0. The van der Waals surface area contributed by atoms with Gasteiger partial charge in [-0.1, -0.05) is 29.1 Å². The normalized spacial score (nSPS) is 12.0. The number of rotatable bonds is 5. The molecule has 0 aliphatic rings. The smallest absolute Gasteiger partial charge is 0.238 e. The van der Waals surface area contributed by atoms with Crippen molar-refractivity contribution in [1.82, 2.24) is 10.1 Å². The van der Waals surface area contributed by atoms with Gasteiger partial charge in [-0.25, -0.2) is 0 Å². The summed E-state index contributed by atoms with van der Waals surface area (Å²) in [6, 6.07) is 1.68. The van der Waals surface area contributed by atoms with Crippen molar-refractivity contribution in [3.63, 3.8) is 0 Å². The lowest BCUT2D eigenvalue weighted by Crippen LogP contribution is -2.31. The van der Waals surface area contributed by atoms with E-state index in [0.29, 0.717) is 11.6 Å². The van der Waals surface area contributed by atoms with Crippen molar-refractivity contribution >= 4 is 40.0 Å². The van der Waals surface area contributed by atoms with Crippen molar-refractivity contribution in [1.29, 1.82) is 0 Å². The van der Waals surface area contributed by atoms with Crippen LogP contribution in [0.15, 0.2) is 10.6 Å². The third-order valence-electron chi connectivity index (χ3n) is 2.55. The van der Waals surface area contributed by atoms with Gasteiger partial charge in [0.25, 0.3) is 0 Å². The lowest BCUT2D eigenvalue weighted by atomic mass is 10.4. The second-order valence-electron chi connectivity index (χ2n) is 4.01. The van der Waals surface area contributed by atoms with Gasteiger partial charge in [-0.05, 0) is 27.7 Å². The Morgan fingerprint density at radius 2 is 2.21 bits per heavy atom. The Morgan fingerprint density at radius 3 is 2.68 bits per heavy atom. The molecular formula is C12H19N3O2S2. The Kier molecular flexibility index (Phi) is 6.30. The predicted octanol–water partition coefficient (Wildman–Crippen LogP) is 2.67. The van der Waals surface area contributed by atoms with Crippen LogP contribution in [0.4, 0.5) is 5.82 Å². The summed E-state index contributed by atoms with van der Waals surface area (Å²) < 4.78 is 5.63. The molecule has 0 aromatic carbocycles. The van der Waals surface area contributed by atoms with Crippen LogP contribution in [0, 0.1) is 6.92 Å². The zero-order chi connectivity index (χ0) is 14.4. The van der Waals surface area contributed by atoms with Crippen molar-refractivity contribution in [2.75, 3.05) is 18.4 Å². The Bertz CT molecular complexity index is 444. The molecule has 1 rings (SSSR count). The molecule has 0 bridgehead atoms. The molecule has 5 nitrogen and oxygen atoms in total. The summed E-state index contributed by atoms with van der Waals surface area (Å²) in [4.78, 5) is 14.0. The Hall–Kier alpha value is -1.08. The molecule has 0 aliphatic carbocycles. The van der Waals surface area contributed by atoms with Gasteiger partial charge in [0, 0.05) is 19.2 Å². The molecule has 1 aromatic heterocycles.